The number of methoxy groups -OCH3 is 1. The first-order chi connectivity index (χ1) is 15.0. The molecular formula is C23H25F2N3O3. The van der Waals surface area contributed by atoms with E-state index in [-0.39, 0.29) is 11.6 Å². The molecule has 1 aliphatic rings. The summed E-state index contributed by atoms with van der Waals surface area (Å²) in [4.78, 5) is 6.76. The molecule has 0 aliphatic heterocycles. The zero-order chi connectivity index (χ0) is 21.8. The van der Waals surface area contributed by atoms with Crippen molar-refractivity contribution in [3.8, 4) is 22.9 Å². The van der Waals surface area contributed by atoms with Crippen molar-refractivity contribution >= 4 is 0 Å². The zero-order valence-electron chi connectivity index (χ0n) is 17.5. The fraction of sp³-hybridized carbons (Fsp3) is 0.391. The molecule has 0 bridgehead atoms. The maximum absolute atomic E-state index is 12.7. The molecule has 1 fully saturated rings. The maximum atomic E-state index is 12.7. The molecule has 0 N–H and O–H groups in total. The topological polar surface area (TPSA) is 60.6 Å². The highest BCUT2D eigenvalue weighted by Gasteiger charge is 2.33. The predicted molar refractivity (Wildman–Crippen MR) is 111 cm³/mol. The largest absolute Gasteiger partial charge is 0.497 e. The Hall–Kier alpha value is -3.00. The minimum Gasteiger partial charge on any atom is -0.497 e. The van der Waals surface area contributed by atoms with Crippen molar-refractivity contribution in [2.75, 3.05) is 7.11 Å². The number of rotatable bonds is 10. The van der Waals surface area contributed by atoms with E-state index in [1.807, 2.05) is 24.3 Å². The lowest BCUT2D eigenvalue weighted by Crippen LogP contribution is -2.33. The van der Waals surface area contributed by atoms with Crippen molar-refractivity contribution in [1.29, 1.82) is 0 Å². The van der Waals surface area contributed by atoms with Crippen molar-refractivity contribution in [3.63, 3.8) is 0 Å². The summed E-state index contributed by atoms with van der Waals surface area (Å²) in [5.41, 5.74) is 1.53. The number of benzene rings is 2. The lowest BCUT2D eigenvalue weighted by molar-refractivity contribution is -0.0494. The molecule has 0 saturated heterocycles. The highest BCUT2D eigenvalue weighted by atomic mass is 19.3. The Morgan fingerprint density at radius 1 is 1.10 bits per heavy atom. The van der Waals surface area contributed by atoms with Gasteiger partial charge in [0.05, 0.1) is 19.2 Å². The monoisotopic (exact) mass is 429 g/mol. The summed E-state index contributed by atoms with van der Waals surface area (Å²) in [6.07, 6.45) is 2.43. The number of hydrogen-bond acceptors (Lipinski definition) is 6. The van der Waals surface area contributed by atoms with E-state index in [1.165, 1.54) is 18.9 Å². The third-order valence-electron chi connectivity index (χ3n) is 5.58. The molecule has 1 aliphatic carbocycles. The summed E-state index contributed by atoms with van der Waals surface area (Å²) in [6.45, 7) is 0.482. The first-order valence-corrected chi connectivity index (χ1v) is 10.3. The average Bonchev–Trinajstić information content (AvgIpc) is 3.52. The fourth-order valence-electron chi connectivity index (χ4n) is 3.64. The van der Waals surface area contributed by atoms with Crippen molar-refractivity contribution < 1.29 is 22.8 Å². The zero-order valence-corrected chi connectivity index (χ0v) is 17.5. The number of halogens is 2. The van der Waals surface area contributed by atoms with Gasteiger partial charge in [-0.15, -0.1) is 0 Å². The van der Waals surface area contributed by atoms with E-state index in [0.29, 0.717) is 30.0 Å². The molecule has 2 aromatic carbocycles. The summed E-state index contributed by atoms with van der Waals surface area (Å²) in [5, 5.41) is 4.00. The predicted octanol–water partition coefficient (Wildman–Crippen LogP) is 5.15. The van der Waals surface area contributed by atoms with Crippen LogP contribution in [0.15, 0.2) is 53.1 Å². The van der Waals surface area contributed by atoms with Gasteiger partial charge in [0.25, 0.3) is 0 Å². The van der Waals surface area contributed by atoms with Crippen LogP contribution >= 0.6 is 0 Å². The number of hydrogen-bond donors (Lipinski definition) is 0. The van der Waals surface area contributed by atoms with Crippen LogP contribution in [-0.4, -0.2) is 34.8 Å². The van der Waals surface area contributed by atoms with Crippen molar-refractivity contribution in [1.82, 2.24) is 15.0 Å². The smallest absolute Gasteiger partial charge is 0.387 e. The quantitative estimate of drug-likeness (QED) is 0.444. The Bertz CT molecular complexity index is 990. The molecule has 0 radical (unpaired) electrons. The van der Waals surface area contributed by atoms with Crippen molar-refractivity contribution in [2.24, 2.45) is 5.92 Å². The van der Waals surface area contributed by atoms with Crippen LogP contribution in [0.2, 0.25) is 0 Å². The van der Waals surface area contributed by atoms with Gasteiger partial charge < -0.3 is 14.0 Å². The normalized spacial score (nSPS) is 14.8. The first-order valence-electron chi connectivity index (χ1n) is 10.3. The van der Waals surface area contributed by atoms with Gasteiger partial charge in [-0.3, -0.25) is 4.90 Å². The van der Waals surface area contributed by atoms with Crippen molar-refractivity contribution in [2.45, 2.75) is 45.5 Å². The van der Waals surface area contributed by atoms with Gasteiger partial charge in [0, 0.05) is 12.6 Å². The maximum Gasteiger partial charge on any atom is 0.387 e. The number of para-hydroxylation sites is 1. The lowest BCUT2D eigenvalue weighted by Gasteiger charge is -2.28. The molecule has 1 heterocycles. The summed E-state index contributed by atoms with van der Waals surface area (Å²) >= 11 is 0. The average molecular weight is 429 g/mol. The second-order valence-electron chi connectivity index (χ2n) is 7.72. The van der Waals surface area contributed by atoms with E-state index >= 15 is 0 Å². The SMILES string of the molecule is COc1ccc(CN(Cc2nc(-c3ccccc3OC(F)F)no2)C(C)C2CC2)cc1. The van der Waals surface area contributed by atoms with E-state index in [2.05, 4.69) is 26.7 Å². The summed E-state index contributed by atoms with van der Waals surface area (Å²) in [7, 11) is 1.65. The molecule has 6 nitrogen and oxygen atoms in total. The minimum atomic E-state index is -2.92. The number of nitrogens with zero attached hydrogens (tertiary/aromatic N) is 3. The van der Waals surface area contributed by atoms with E-state index in [1.54, 1.807) is 25.3 Å². The van der Waals surface area contributed by atoms with Gasteiger partial charge in [-0.2, -0.15) is 13.8 Å². The Kier molecular flexibility index (Phi) is 6.46. The Morgan fingerprint density at radius 3 is 2.52 bits per heavy atom. The highest BCUT2D eigenvalue weighted by Crippen LogP contribution is 2.36. The van der Waals surface area contributed by atoms with Gasteiger partial charge in [0.1, 0.15) is 11.5 Å². The lowest BCUT2D eigenvalue weighted by atomic mass is 10.1. The van der Waals surface area contributed by atoms with Crippen LogP contribution in [-0.2, 0) is 13.1 Å². The van der Waals surface area contributed by atoms with Gasteiger partial charge in [0.2, 0.25) is 11.7 Å². The number of aromatic nitrogens is 2. The molecule has 3 aromatic rings. The van der Waals surface area contributed by atoms with E-state index in [9.17, 15) is 8.78 Å². The summed E-state index contributed by atoms with van der Waals surface area (Å²) < 4.78 is 40.7. The van der Waals surface area contributed by atoms with E-state index in [0.717, 1.165) is 17.9 Å². The van der Waals surface area contributed by atoms with Crippen LogP contribution < -0.4 is 9.47 Å². The summed E-state index contributed by atoms with van der Waals surface area (Å²) in [5.74, 6) is 2.15. The summed E-state index contributed by atoms with van der Waals surface area (Å²) in [6, 6.07) is 14.8. The van der Waals surface area contributed by atoms with Gasteiger partial charge in [0.15, 0.2) is 0 Å². The van der Waals surface area contributed by atoms with E-state index in [4.69, 9.17) is 9.26 Å². The van der Waals surface area contributed by atoms with Gasteiger partial charge in [-0.1, -0.05) is 29.4 Å². The van der Waals surface area contributed by atoms with Crippen molar-refractivity contribution in [3.05, 3.63) is 60.0 Å². The third kappa shape index (κ3) is 5.38. The molecule has 8 heteroatoms. The molecular weight excluding hydrogens is 404 g/mol. The van der Waals surface area contributed by atoms with Gasteiger partial charge >= 0.3 is 6.61 Å². The molecule has 0 spiro atoms. The number of ether oxygens (including phenoxy) is 2. The van der Waals surface area contributed by atoms with E-state index < -0.39 is 6.61 Å². The molecule has 4 rings (SSSR count). The van der Waals surface area contributed by atoms with Crippen LogP contribution in [0.25, 0.3) is 11.4 Å². The Morgan fingerprint density at radius 2 is 1.84 bits per heavy atom. The molecule has 1 saturated carbocycles. The molecule has 0 amide bonds. The van der Waals surface area contributed by atoms with Crippen LogP contribution in [0.4, 0.5) is 8.78 Å². The second kappa shape index (κ2) is 9.43. The standard InChI is InChI=1S/C23H25F2N3O3/c1-15(17-9-10-17)28(13-16-7-11-18(29-2)12-8-16)14-21-26-22(27-31-21)19-5-3-4-6-20(19)30-23(24)25/h3-8,11-12,15,17,23H,9-10,13-14H2,1-2H3. The van der Waals surface area contributed by atoms with Crippen LogP contribution in [0.1, 0.15) is 31.2 Å². The van der Waals surface area contributed by atoms with Crippen LogP contribution in [0.3, 0.4) is 0 Å². The molecule has 1 aromatic heterocycles. The molecule has 31 heavy (non-hydrogen) atoms. The number of alkyl halides is 2. The molecule has 1 unspecified atom stereocenters. The van der Waals surface area contributed by atoms with Crippen LogP contribution in [0, 0.1) is 5.92 Å². The Labute approximate surface area is 179 Å². The molecule has 164 valence electrons. The van der Waals surface area contributed by atoms with Gasteiger partial charge in [-0.05, 0) is 55.5 Å². The first kappa shape index (κ1) is 21.2. The second-order valence-corrected chi connectivity index (χ2v) is 7.72. The highest BCUT2D eigenvalue weighted by molar-refractivity contribution is 5.63. The third-order valence-corrected chi connectivity index (χ3v) is 5.58. The fourth-order valence-corrected chi connectivity index (χ4v) is 3.64. The van der Waals surface area contributed by atoms with Crippen LogP contribution in [0.5, 0.6) is 11.5 Å². The Balaban J connectivity index is 1.52. The van der Waals surface area contributed by atoms with Gasteiger partial charge in [-0.25, -0.2) is 0 Å². The molecule has 1 atom stereocenters. The minimum absolute atomic E-state index is 0.0197.